The predicted octanol–water partition coefficient (Wildman–Crippen LogP) is 4.05. The largest absolute Gasteiger partial charge is 0.352 e. The number of guanidine groups is 1. The number of carbonyl (C=O) groups is 1. The average molecular weight is 504 g/mol. The maximum absolute atomic E-state index is 11.8. The second-order valence-electron chi connectivity index (χ2n) is 7.34. The molecule has 1 unspecified atom stereocenters. The monoisotopic (exact) mass is 504 g/mol. The normalized spacial score (nSPS) is 17.7. The van der Waals surface area contributed by atoms with E-state index in [2.05, 4.69) is 46.1 Å². The molecule has 1 aliphatic rings. The van der Waals surface area contributed by atoms with Crippen LogP contribution in [0.4, 0.5) is 5.69 Å². The Morgan fingerprint density at radius 2 is 1.93 bits per heavy atom. The van der Waals surface area contributed by atoms with E-state index in [4.69, 9.17) is 0 Å². The molecule has 1 aliphatic heterocycles. The Balaban J connectivity index is 0.00000364. The maximum atomic E-state index is 11.8. The molecule has 1 saturated heterocycles. The zero-order chi connectivity index (χ0) is 19.1. The lowest BCUT2D eigenvalue weighted by molar-refractivity contribution is -0.118. The Labute approximate surface area is 185 Å². The van der Waals surface area contributed by atoms with Gasteiger partial charge in [-0.25, -0.2) is 0 Å². The van der Waals surface area contributed by atoms with Crippen molar-refractivity contribution in [2.45, 2.75) is 39.5 Å². The van der Waals surface area contributed by atoms with Gasteiger partial charge in [0.1, 0.15) is 0 Å². The fourth-order valence-corrected chi connectivity index (χ4v) is 4.08. The second kappa shape index (κ2) is 11.8. The van der Waals surface area contributed by atoms with E-state index in [1.165, 1.54) is 5.56 Å². The summed E-state index contributed by atoms with van der Waals surface area (Å²) in [5.41, 5.74) is 2.00. The van der Waals surface area contributed by atoms with E-state index < -0.39 is 0 Å². The van der Waals surface area contributed by atoms with Gasteiger partial charge >= 0.3 is 0 Å². The van der Waals surface area contributed by atoms with Crippen LogP contribution in [-0.4, -0.2) is 47.9 Å². The van der Waals surface area contributed by atoms with Crippen LogP contribution in [0.2, 0.25) is 0 Å². The fourth-order valence-electron chi connectivity index (χ4n) is 2.78. The molecule has 1 aromatic rings. The average Bonchev–Trinajstić information content (AvgIpc) is 2.63. The van der Waals surface area contributed by atoms with Gasteiger partial charge in [-0.2, -0.15) is 11.8 Å². The third kappa shape index (κ3) is 7.52. The molecule has 27 heavy (non-hydrogen) atoms. The number of thioether (sulfide) groups is 1. The van der Waals surface area contributed by atoms with Crippen molar-refractivity contribution in [3.8, 4) is 0 Å². The Hall–Kier alpha value is -0.960. The second-order valence-corrected chi connectivity index (χ2v) is 8.69. The number of hydrogen-bond donors (Lipinski definition) is 2. The first-order valence-corrected chi connectivity index (χ1v) is 10.4. The molecule has 2 rings (SSSR count). The minimum absolute atomic E-state index is 0. The number of halogens is 1. The van der Waals surface area contributed by atoms with Crippen LogP contribution in [0.5, 0.6) is 0 Å². The molecule has 5 nitrogen and oxygen atoms in total. The van der Waals surface area contributed by atoms with Crippen molar-refractivity contribution in [1.29, 1.82) is 0 Å². The van der Waals surface area contributed by atoms with E-state index in [1.807, 2.05) is 45.2 Å². The van der Waals surface area contributed by atoms with E-state index in [0.717, 1.165) is 37.0 Å². The summed E-state index contributed by atoms with van der Waals surface area (Å²) in [5.74, 6) is 2.81. The highest BCUT2D eigenvalue weighted by atomic mass is 127. The Bertz CT molecular complexity index is 619. The van der Waals surface area contributed by atoms with Crippen LogP contribution in [0.25, 0.3) is 0 Å². The summed E-state index contributed by atoms with van der Waals surface area (Å²) in [6.07, 6.45) is 0. The van der Waals surface area contributed by atoms with Crippen LogP contribution in [-0.2, 0) is 11.3 Å². The van der Waals surface area contributed by atoms with Crippen LogP contribution in [0.1, 0.15) is 33.3 Å². The maximum Gasteiger partial charge on any atom is 0.226 e. The summed E-state index contributed by atoms with van der Waals surface area (Å²) in [6, 6.07) is 7.98. The summed E-state index contributed by atoms with van der Waals surface area (Å²) < 4.78 is 0. The lowest BCUT2D eigenvalue weighted by atomic mass is 10.1. The van der Waals surface area contributed by atoms with Crippen molar-refractivity contribution in [3.05, 3.63) is 29.8 Å². The number of benzene rings is 1. The van der Waals surface area contributed by atoms with E-state index in [1.54, 1.807) is 0 Å². The Morgan fingerprint density at radius 1 is 1.26 bits per heavy atom. The van der Waals surface area contributed by atoms with Crippen LogP contribution >= 0.6 is 35.7 Å². The molecule has 0 spiro atoms. The van der Waals surface area contributed by atoms with Crippen molar-refractivity contribution in [3.63, 3.8) is 0 Å². The summed E-state index contributed by atoms with van der Waals surface area (Å²) in [6.45, 7) is 11.2. The zero-order valence-corrected chi connectivity index (χ0v) is 20.1. The lowest BCUT2D eigenvalue weighted by Crippen LogP contribution is -2.48. The van der Waals surface area contributed by atoms with Gasteiger partial charge in [0.25, 0.3) is 0 Å². The number of rotatable bonds is 5. The topological polar surface area (TPSA) is 56.7 Å². The minimum atomic E-state index is -0.0166. The molecule has 7 heteroatoms. The Kier molecular flexibility index (Phi) is 10.5. The molecule has 0 radical (unpaired) electrons. The molecule has 2 N–H and O–H groups in total. The molecule has 1 atom stereocenters. The van der Waals surface area contributed by atoms with Gasteiger partial charge in [0.05, 0.1) is 0 Å². The Morgan fingerprint density at radius 3 is 2.48 bits per heavy atom. The highest BCUT2D eigenvalue weighted by Crippen LogP contribution is 2.24. The number of hydrogen-bond acceptors (Lipinski definition) is 3. The van der Waals surface area contributed by atoms with Gasteiger partial charge in [0, 0.05) is 49.3 Å². The number of nitrogens with one attached hydrogen (secondary N) is 2. The number of nitrogens with zero attached hydrogens (tertiary/aromatic N) is 2. The molecule has 1 amide bonds. The highest BCUT2D eigenvalue weighted by molar-refractivity contribution is 14.0. The van der Waals surface area contributed by atoms with Crippen molar-refractivity contribution in [2.24, 2.45) is 16.8 Å². The molecule has 1 aromatic carbocycles. The van der Waals surface area contributed by atoms with Crippen LogP contribution in [0.15, 0.2) is 29.3 Å². The van der Waals surface area contributed by atoms with Gasteiger partial charge in [-0.1, -0.05) is 39.8 Å². The smallest absolute Gasteiger partial charge is 0.226 e. The van der Waals surface area contributed by atoms with Crippen molar-refractivity contribution >= 4 is 53.3 Å². The van der Waals surface area contributed by atoms with E-state index in [-0.39, 0.29) is 35.8 Å². The van der Waals surface area contributed by atoms with Gasteiger partial charge < -0.3 is 15.5 Å². The predicted molar refractivity (Wildman–Crippen MR) is 128 cm³/mol. The summed E-state index contributed by atoms with van der Waals surface area (Å²) in [5, 5.41) is 7.05. The SMILES string of the molecule is CN=C(NCc1ccc(NC(=O)C(C)C)cc1)N1CCSC(C(C)C)C1.I. The van der Waals surface area contributed by atoms with Gasteiger partial charge in [-0.15, -0.1) is 24.0 Å². The summed E-state index contributed by atoms with van der Waals surface area (Å²) in [7, 11) is 1.85. The number of carbonyl (C=O) groups excluding carboxylic acids is 1. The molecule has 152 valence electrons. The highest BCUT2D eigenvalue weighted by Gasteiger charge is 2.24. The molecular weight excluding hydrogens is 471 g/mol. The van der Waals surface area contributed by atoms with Crippen LogP contribution in [0, 0.1) is 11.8 Å². The van der Waals surface area contributed by atoms with Gasteiger partial charge in [-0.3, -0.25) is 9.79 Å². The van der Waals surface area contributed by atoms with E-state index in [9.17, 15) is 4.79 Å². The van der Waals surface area contributed by atoms with Gasteiger partial charge in [0.15, 0.2) is 5.96 Å². The zero-order valence-electron chi connectivity index (χ0n) is 17.0. The van der Waals surface area contributed by atoms with Crippen molar-refractivity contribution in [1.82, 2.24) is 10.2 Å². The molecule has 0 saturated carbocycles. The van der Waals surface area contributed by atoms with Crippen LogP contribution < -0.4 is 10.6 Å². The van der Waals surface area contributed by atoms with Crippen LogP contribution in [0.3, 0.4) is 0 Å². The first kappa shape index (κ1) is 24.1. The van der Waals surface area contributed by atoms with E-state index in [0.29, 0.717) is 11.2 Å². The van der Waals surface area contributed by atoms with Crippen molar-refractivity contribution in [2.75, 3.05) is 31.2 Å². The molecule has 0 aliphatic carbocycles. The van der Waals surface area contributed by atoms with Gasteiger partial charge in [0.2, 0.25) is 5.91 Å². The standard InChI is InChI=1S/C20H32N4OS.HI/c1-14(2)18-13-24(10-11-26-18)20(21-5)22-12-16-6-8-17(9-7-16)23-19(25)15(3)4;/h6-9,14-15,18H,10-13H2,1-5H3,(H,21,22)(H,23,25);1H. The van der Waals surface area contributed by atoms with Crippen molar-refractivity contribution < 1.29 is 4.79 Å². The summed E-state index contributed by atoms with van der Waals surface area (Å²) >= 11 is 2.07. The summed E-state index contributed by atoms with van der Waals surface area (Å²) in [4.78, 5) is 18.6. The fraction of sp³-hybridized carbons (Fsp3) is 0.600. The van der Waals surface area contributed by atoms with Gasteiger partial charge in [-0.05, 0) is 23.6 Å². The number of anilines is 1. The third-order valence-corrected chi connectivity index (χ3v) is 6.08. The van der Waals surface area contributed by atoms with E-state index >= 15 is 0 Å². The molecule has 0 bridgehead atoms. The lowest BCUT2D eigenvalue weighted by Gasteiger charge is -2.36. The quantitative estimate of drug-likeness (QED) is 0.361. The number of amides is 1. The number of aliphatic imine (C=N–C) groups is 1. The third-order valence-electron chi connectivity index (χ3n) is 4.54. The minimum Gasteiger partial charge on any atom is -0.352 e. The molecule has 0 aromatic heterocycles. The molecular formula is C20H33IN4OS. The first-order valence-electron chi connectivity index (χ1n) is 9.37. The molecule has 1 fully saturated rings. The first-order chi connectivity index (χ1) is 12.4. The molecule has 1 heterocycles.